The highest BCUT2D eigenvalue weighted by molar-refractivity contribution is 5.97. The first-order chi connectivity index (χ1) is 11.1. The number of pyridine rings is 1. The molecule has 1 saturated heterocycles. The molecule has 2 unspecified atom stereocenters. The van der Waals surface area contributed by atoms with Gasteiger partial charge in [0.25, 0.3) is 5.91 Å². The Bertz CT molecular complexity index is 673. The molecule has 1 N–H and O–H groups in total. The zero-order valence-corrected chi connectivity index (χ0v) is 13.1. The topological polar surface area (TPSA) is 62.7 Å². The van der Waals surface area contributed by atoms with Gasteiger partial charge in [0.05, 0.1) is 17.9 Å². The monoisotopic (exact) mass is 312 g/mol. The third-order valence-corrected chi connectivity index (χ3v) is 4.17. The van der Waals surface area contributed by atoms with E-state index >= 15 is 0 Å². The second kappa shape index (κ2) is 6.79. The molecule has 1 amide bonds. The van der Waals surface area contributed by atoms with E-state index in [9.17, 15) is 9.90 Å². The van der Waals surface area contributed by atoms with Crippen LogP contribution in [0.4, 0.5) is 0 Å². The number of amides is 1. The van der Waals surface area contributed by atoms with Gasteiger partial charge in [-0.25, -0.2) is 0 Å². The van der Waals surface area contributed by atoms with Crippen LogP contribution >= 0.6 is 0 Å². The Hall–Kier alpha value is -2.40. The van der Waals surface area contributed by atoms with Crippen molar-refractivity contribution in [3.8, 4) is 11.5 Å². The highest BCUT2D eigenvalue weighted by Gasteiger charge is 2.30. The first kappa shape index (κ1) is 15.5. The van der Waals surface area contributed by atoms with Gasteiger partial charge >= 0.3 is 0 Å². The number of nitrogens with zero attached hydrogens (tertiary/aromatic N) is 2. The van der Waals surface area contributed by atoms with E-state index in [1.54, 1.807) is 48.5 Å². The normalized spacial score (nSPS) is 18.7. The highest BCUT2D eigenvalue weighted by Crippen LogP contribution is 2.28. The minimum Gasteiger partial charge on any atom is -0.455 e. The summed E-state index contributed by atoms with van der Waals surface area (Å²) >= 11 is 0. The molecule has 23 heavy (non-hydrogen) atoms. The van der Waals surface area contributed by atoms with Crippen LogP contribution in [-0.4, -0.2) is 40.1 Å². The SMILES string of the molecule is CC(O)C1CCN(C(=O)c2ccccc2Oc2cccnc2)C1. The number of carbonyl (C=O) groups is 1. The number of hydrogen-bond acceptors (Lipinski definition) is 4. The molecule has 0 aliphatic carbocycles. The molecule has 0 bridgehead atoms. The fourth-order valence-electron chi connectivity index (χ4n) is 2.80. The minimum absolute atomic E-state index is 0.0624. The predicted octanol–water partition coefficient (Wildman–Crippen LogP) is 2.72. The van der Waals surface area contributed by atoms with E-state index in [0.29, 0.717) is 30.2 Å². The lowest BCUT2D eigenvalue weighted by Gasteiger charge is -2.19. The van der Waals surface area contributed by atoms with Crippen LogP contribution < -0.4 is 4.74 Å². The van der Waals surface area contributed by atoms with E-state index < -0.39 is 6.10 Å². The molecule has 0 spiro atoms. The van der Waals surface area contributed by atoms with Crippen LogP contribution in [0.5, 0.6) is 11.5 Å². The molecule has 3 rings (SSSR count). The number of carbonyl (C=O) groups excluding carboxylic acids is 1. The number of hydrogen-bond donors (Lipinski definition) is 1. The van der Waals surface area contributed by atoms with Gasteiger partial charge in [-0.05, 0) is 37.6 Å². The van der Waals surface area contributed by atoms with Gasteiger partial charge in [0.15, 0.2) is 0 Å². The van der Waals surface area contributed by atoms with E-state index in [2.05, 4.69) is 4.98 Å². The molecular formula is C18H20N2O3. The van der Waals surface area contributed by atoms with Crippen molar-refractivity contribution < 1.29 is 14.6 Å². The number of para-hydroxylation sites is 1. The molecule has 1 aromatic carbocycles. The standard InChI is InChI=1S/C18H20N2O3/c1-13(21)14-8-10-20(12-14)18(22)16-6-2-3-7-17(16)23-15-5-4-9-19-11-15/h2-7,9,11,13-14,21H,8,10,12H2,1H3. The van der Waals surface area contributed by atoms with Crippen LogP contribution in [0.15, 0.2) is 48.8 Å². The molecule has 0 radical (unpaired) electrons. The molecule has 2 heterocycles. The van der Waals surface area contributed by atoms with E-state index in [4.69, 9.17) is 4.74 Å². The number of aliphatic hydroxyl groups excluding tert-OH is 1. The van der Waals surface area contributed by atoms with Gasteiger partial charge in [-0.15, -0.1) is 0 Å². The summed E-state index contributed by atoms with van der Waals surface area (Å²) in [6, 6.07) is 10.8. The molecule has 5 nitrogen and oxygen atoms in total. The average molecular weight is 312 g/mol. The second-order valence-corrected chi connectivity index (χ2v) is 5.83. The summed E-state index contributed by atoms with van der Waals surface area (Å²) in [5, 5.41) is 9.70. The first-order valence-corrected chi connectivity index (χ1v) is 7.79. The van der Waals surface area contributed by atoms with Crippen molar-refractivity contribution >= 4 is 5.91 Å². The smallest absolute Gasteiger partial charge is 0.257 e. The zero-order chi connectivity index (χ0) is 16.2. The maximum atomic E-state index is 12.8. The average Bonchev–Trinajstić information content (AvgIpc) is 3.06. The van der Waals surface area contributed by atoms with Crippen LogP contribution in [-0.2, 0) is 0 Å². The van der Waals surface area contributed by atoms with Gasteiger partial charge in [0, 0.05) is 25.2 Å². The molecule has 5 heteroatoms. The number of likely N-dealkylation sites (tertiary alicyclic amines) is 1. The summed E-state index contributed by atoms with van der Waals surface area (Å²) in [6.07, 6.45) is 3.72. The van der Waals surface area contributed by atoms with Crippen LogP contribution in [0.2, 0.25) is 0 Å². The summed E-state index contributed by atoms with van der Waals surface area (Å²) in [5.74, 6) is 1.19. The molecule has 2 aromatic rings. The van der Waals surface area contributed by atoms with E-state index in [1.807, 2.05) is 12.1 Å². The molecule has 1 aromatic heterocycles. The molecule has 2 atom stereocenters. The van der Waals surface area contributed by atoms with Crippen molar-refractivity contribution in [2.75, 3.05) is 13.1 Å². The van der Waals surface area contributed by atoms with E-state index in [1.165, 1.54) is 0 Å². The van der Waals surface area contributed by atoms with Gasteiger partial charge in [-0.2, -0.15) is 0 Å². The van der Waals surface area contributed by atoms with Crippen molar-refractivity contribution in [3.05, 3.63) is 54.4 Å². The van der Waals surface area contributed by atoms with E-state index in [-0.39, 0.29) is 11.8 Å². The Labute approximate surface area is 135 Å². The first-order valence-electron chi connectivity index (χ1n) is 7.79. The summed E-state index contributed by atoms with van der Waals surface area (Å²) in [7, 11) is 0. The van der Waals surface area contributed by atoms with Crippen molar-refractivity contribution in [2.24, 2.45) is 5.92 Å². The van der Waals surface area contributed by atoms with Crippen molar-refractivity contribution in [3.63, 3.8) is 0 Å². The Morgan fingerprint density at radius 3 is 2.87 bits per heavy atom. The Balaban J connectivity index is 1.79. The van der Waals surface area contributed by atoms with Crippen molar-refractivity contribution in [2.45, 2.75) is 19.4 Å². The molecule has 0 saturated carbocycles. The minimum atomic E-state index is -0.394. The predicted molar refractivity (Wildman–Crippen MR) is 86.4 cm³/mol. The highest BCUT2D eigenvalue weighted by atomic mass is 16.5. The van der Waals surface area contributed by atoms with Crippen molar-refractivity contribution in [1.29, 1.82) is 0 Å². The lowest BCUT2D eigenvalue weighted by atomic mass is 10.0. The number of aliphatic hydroxyl groups is 1. The quantitative estimate of drug-likeness (QED) is 0.943. The van der Waals surface area contributed by atoms with Crippen LogP contribution in [0.1, 0.15) is 23.7 Å². The molecule has 1 aliphatic rings. The molecule has 120 valence electrons. The summed E-state index contributed by atoms with van der Waals surface area (Å²) in [6.45, 7) is 3.02. The maximum Gasteiger partial charge on any atom is 0.257 e. The lowest BCUT2D eigenvalue weighted by molar-refractivity contribution is 0.0760. The van der Waals surface area contributed by atoms with Crippen LogP contribution in [0.25, 0.3) is 0 Å². The zero-order valence-electron chi connectivity index (χ0n) is 13.1. The fourth-order valence-corrected chi connectivity index (χ4v) is 2.80. The Morgan fingerprint density at radius 1 is 1.35 bits per heavy atom. The number of aromatic nitrogens is 1. The van der Waals surface area contributed by atoms with Gasteiger partial charge < -0.3 is 14.7 Å². The van der Waals surface area contributed by atoms with Gasteiger partial charge in [0.1, 0.15) is 11.5 Å². The third-order valence-electron chi connectivity index (χ3n) is 4.17. The number of ether oxygens (including phenoxy) is 1. The van der Waals surface area contributed by atoms with Crippen molar-refractivity contribution in [1.82, 2.24) is 9.88 Å². The summed E-state index contributed by atoms with van der Waals surface area (Å²) in [5.41, 5.74) is 0.530. The van der Waals surface area contributed by atoms with Gasteiger partial charge in [0.2, 0.25) is 0 Å². The summed E-state index contributed by atoms with van der Waals surface area (Å²) < 4.78 is 5.81. The molecular weight excluding hydrogens is 292 g/mol. The van der Waals surface area contributed by atoms with Gasteiger partial charge in [-0.1, -0.05) is 12.1 Å². The molecule has 1 aliphatic heterocycles. The van der Waals surface area contributed by atoms with Crippen LogP contribution in [0, 0.1) is 5.92 Å². The Kier molecular flexibility index (Phi) is 4.57. The van der Waals surface area contributed by atoms with Crippen LogP contribution in [0.3, 0.4) is 0 Å². The second-order valence-electron chi connectivity index (χ2n) is 5.83. The van der Waals surface area contributed by atoms with Gasteiger partial charge in [-0.3, -0.25) is 9.78 Å². The summed E-state index contributed by atoms with van der Waals surface area (Å²) in [4.78, 5) is 18.6. The number of benzene rings is 1. The molecule has 1 fully saturated rings. The Morgan fingerprint density at radius 2 is 2.17 bits per heavy atom. The largest absolute Gasteiger partial charge is 0.455 e. The fraction of sp³-hybridized carbons (Fsp3) is 0.333. The number of rotatable bonds is 4. The van der Waals surface area contributed by atoms with E-state index in [0.717, 1.165) is 6.42 Å². The maximum absolute atomic E-state index is 12.8. The lowest BCUT2D eigenvalue weighted by Crippen LogP contribution is -2.30. The third kappa shape index (κ3) is 3.51.